The van der Waals surface area contributed by atoms with Gasteiger partial charge in [-0.25, -0.2) is 4.79 Å². The first-order valence-corrected chi connectivity index (χ1v) is 9.41. The lowest BCUT2D eigenvalue weighted by Crippen LogP contribution is -2.37. The Labute approximate surface area is 175 Å². The van der Waals surface area contributed by atoms with Crippen molar-refractivity contribution in [2.75, 3.05) is 0 Å². The van der Waals surface area contributed by atoms with E-state index in [-0.39, 0.29) is 23.7 Å². The molecule has 9 heteroatoms. The summed E-state index contributed by atoms with van der Waals surface area (Å²) >= 11 is 6.32. The number of carbonyl (C=O) groups excluding carboxylic acids is 1. The summed E-state index contributed by atoms with van der Waals surface area (Å²) in [7, 11) is 2.94. The zero-order valence-corrected chi connectivity index (χ0v) is 17.0. The van der Waals surface area contributed by atoms with Gasteiger partial charge in [-0.1, -0.05) is 41.9 Å². The molecular weight excluding hydrogens is 408 g/mol. The van der Waals surface area contributed by atoms with E-state index in [1.165, 1.54) is 18.7 Å². The molecule has 0 unspecified atom stereocenters. The van der Waals surface area contributed by atoms with Crippen LogP contribution in [0.5, 0.6) is 11.8 Å². The SMILES string of the molecule is Cn1c(=O)c2c(nc(Oc3cccc(C=O)c3)n2Cc2ccccc2Cl)n(C)c1=O. The number of ether oxygens (including phenoxy) is 1. The third kappa shape index (κ3) is 3.31. The lowest BCUT2D eigenvalue weighted by Gasteiger charge is -2.11. The molecule has 0 fully saturated rings. The summed E-state index contributed by atoms with van der Waals surface area (Å²) in [4.78, 5) is 40.8. The Morgan fingerprint density at radius 2 is 1.83 bits per heavy atom. The fourth-order valence-electron chi connectivity index (χ4n) is 3.20. The van der Waals surface area contributed by atoms with Crippen LogP contribution in [-0.2, 0) is 20.6 Å². The Hall–Kier alpha value is -3.65. The van der Waals surface area contributed by atoms with Gasteiger partial charge < -0.3 is 4.74 Å². The minimum Gasteiger partial charge on any atom is -0.425 e. The number of aryl methyl sites for hydroxylation is 1. The molecule has 0 saturated carbocycles. The number of aldehydes is 1. The van der Waals surface area contributed by atoms with Crippen LogP contribution >= 0.6 is 11.6 Å². The highest BCUT2D eigenvalue weighted by molar-refractivity contribution is 6.31. The van der Waals surface area contributed by atoms with Crippen LogP contribution < -0.4 is 16.0 Å². The van der Waals surface area contributed by atoms with Gasteiger partial charge in [-0.2, -0.15) is 4.98 Å². The van der Waals surface area contributed by atoms with Crippen molar-refractivity contribution in [3.05, 3.63) is 85.5 Å². The van der Waals surface area contributed by atoms with Crippen LogP contribution in [0.15, 0.2) is 58.1 Å². The van der Waals surface area contributed by atoms with E-state index in [9.17, 15) is 14.4 Å². The molecule has 4 aromatic rings. The van der Waals surface area contributed by atoms with Gasteiger partial charge >= 0.3 is 11.7 Å². The van der Waals surface area contributed by atoms with Gasteiger partial charge in [-0.15, -0.1) is 0 Å². The minimum absolute atomic E-state index is 0.103. The van der Waals surface area contributed by atoms with Gasteiger partial charge in [-0.05, 0) is 23.8 Å². The molecule has 0 spiro atoms. The van der Waals surface area contributed by atoms with Gasteiger partial charge in [0.25, 0.3) is 5.56 Å². The predicted octanol–water partition coefficient (Wildman–Crippen LogP) is 2.74. The summed E-state index contributed by atoms with van der Waals surface area (Å²) in [5, 5.41) is 0.523. The van der Waals surface area contributed by atoms with Crippen molar-refractivity contribution < 1.29 is 9.53 Å². The number of halogens is 1. The first-order chi connectivity index (χ1) is 14.4. The molecule has 0 saturated heterocycles. The Kier molecular flexibility index (Phi) is 5.01. The number of imidazole rings is 1. The zero-order valence-electron chi connectivity index (χ0n) is 16.2. The smallest absolute Gasteiger partial charge is 0.332 e. The van der Waals surface area contributed by atoms with Crippen molar-refractivity contribution in [3.63, 3.8) is 0 Å². The number of fused-ring (bicyclic) bond motifs is 1. The Morgan fingerprint density at radius 1 is 1.07 bits per heavy atom. The molecule has 2 heterocycles. The maximum absolute atomic E-state index is 12.9. The van der Waals surface area contributed by atoms with E-state index < -0.39 is 11.2 Å². The van der Waals surface area contributed by atoms with Gasteiger partial charge in [0.2, 0.25) is 0 Å². The maximum Gasteiger partial charge on any atom is 0.332 e. The number of benzene rings is 2. The van der Waals surface area contributed by atoms with Crippen molar-refractivity contribution in [3.8, 4) is 11.8 Å². The molecule has 2 aromatic heterocycles. The predicted molar refractivity (Wildman–Crippen MR) is 113 cm³/mol. The van der Waals surface area contributed by atoms with Crippen molar-refractivity contribution in [1.29, 1.82) is 0 Å². The van der Waals surface area contributed by atoms with Crippen molar-refractivity contribution in [2.24, 2.45) is 14.1 Å². The first-order valence-electron chi connectivity index (χ1n) is 9.03. The van der Waals surface area contributed by atoms with E-state index in [0.29, 0.717) is 22.6 Å². The number of hydrogen-bond donors (Lipinski definition) is 0. The normalized spacial score (nSPS) is 11.0. The van der Waals surface area contributed by atoms with Gasteiger partial charge in [0.1, 0.15) is 12.0 Å². The largest absolute Gasteiger partial charge is 0.425 e. The highest BCUT2D eigenvalue weighted by atomic mass is 35.5. The van der Waals surface area contributed by atoms with Crippen LogP contribution in [0.25, 0.3) is 11.2 Å². The maximum atomic E-state index is 12.9. The minimum atomic E-state index is -0.496. The summed E-state index contributed by atoms with van der Waals surface area (Å²) < 4.78 is 9.80. The van der Waals surface area contributed by atoms with Crippen LogP contribution in [0, 0.1) is 0 Å². The molecule has 4 rings (SSSR count). The van der Waals surface area contributed by atoms with Crippen molar-refractivity contribution >= 4 is 29.1 Å². The molecule has 30 heavy (non-hydrogen) atoms. The Bertz CT molecular complexity index is 1400. The highest BCUT2D eigenvalue weighted by Crippen LogP contribution is 2.27. The number of carbonyl (C=O) groups is 1. The average Bonchev–Trinajstić information content (AvgIpc) is 3.10. The van der Waals surface area contributed by atoms with Gasteiger partial charge in [0.05, 0.1) is 6.54 Å². The fourth-order valence-corrected chi connectivity index (χ4v) is 3.40. The molecule has 0 aliphatic rings. The standard InChI is InChI=1S/C21H17ClN4O4/c1-24-18-17(19(28)25(2)21(24)29)26(11-14-7-3-4-9-16(14)22)20(23-18)30-15-8-5-6-13(10-15)12-27/h3-10,12H,11H2,1-2H3. The second-order valence-corrected chi connectivity index (χ2v) is 7.15. The van der Waals surface area contributed by atoms with Crippen LogP contribution in [0.1, 0.15) is 15.9 Å². The first kappa shape index (κ1) is 19.7. The van der Waals surface area contributed by atoms with E-state index in [4.69, 9.17) is 16.3 Å². The third-order valence-electron chi connectivity index (χ3n) is 4.80. The summed E-state index contributed by atoms with van der Waals surface area (Å²) in [6, 6.07) is 13.9. The number of hydrogen-bond acceptors (Lipinski definition) is 5. The second kappa shape index (κ2) is 7.64. The number of rotatable bonds is 5. The summed E-state index contributed by atoms with van der Waals surface area (Å²) in [5.74, 6) is 0.372. The molecule has 8 nitrogen and oxygen atoms in total. The second-order valence-electron chi connectivity index (χ2n) is 6.74. The number of aromatic nitrogens is 4. The molecule has 152 valence electrons. The van der Waals surface area contributed by atoms with E-state index in [1.54, 1.807) is 34.9 Å². The average molecular weight is 425 g/mol. The Morgan fingerprint density at radius 3 is 2.57 bits per heavy atom. The molecule has 0 N–H and O–H groups in total. The lowest BCUT2D eigenvalue weighted by molar-refractivity contribution is 0.112. The summed E-state index contributed by atoms with van der Waals surface area (Å²) in [6.45, 7) is 0.201. The molecule has 0 radical (unpaired) electrons. The zero-order chi connectivity index (χ0) is 21.4. The van der Waals surface area contributed by atoms with Gasteiger partial charge in [0.15, 0.2) is 11.2 Å². The van der Waals surface area contributed by atoms with E-state index in [1.807, 2.05) is 18.2 Å². The topological polar surface area (TPSA) is 88.1 Å². The van der Waals surface area contributed by atoms with E-state index in [0.717, 1.165) is 10.1 Å². The molecule has 0 bridgehead atoms. The van der Waals surface area contributed by atoms with Crippen LogP contribution in [0.4, 0.5) is 0 Å². The van der Waals surface area contributed by atoms with Gasteiger partial charge in [-0.3, -0.25) is 23.3 Å². The van der Waals surface area contributed by atoms with Gasteiger partial charge in [0, 0.05) is 24.7 Å². The van der Waals surface area contributed by atoms with Crippen LogP contribution in [0.2, 0.25) is 5.02 Å². The monoisotopic (exact) mass is 424 g/mol. The molecule has 0 amide bonds. The molecule has 0 aliphatic heterocycles. The summed E-state index contributed by atoms with van der Waals surface area (Å²) in [5.41, 5.74) is 0.594. The van der Waals surface area contributed by atoms with Crippen LogP contribution in [-0.4, -0.2) is 25.0 Å². The van der Waals surface area contributed by atoms with E-state index >= 15 is 0 Å². The van der Waals surface area contributed by atoms with Crippen molar-refractivity contribution in [2.45, 2.75) is 6.54 Å². The van der Waals surface area contributed by atoms with Crippen molar-refractivity contribution in [1.82, 2.24) is 18.7 Å². The fraction of sp³-hybridized carbons (Fsp3) is 0.143. The molecular formula is C21H17ClN4O4. The summed E-state index contributed by atoms with van der Waals surface area (Å²) in [6.07, 6.45) is 0.707. The van der Waals surface area contributed by atoms with E-state index in [2.05, 4.69) is 4.98 Å². The quantitative estimate of drug-likeness (QED) is 0.460. The molecule has 0 aliphatic carbocycles. The van der Waals surface area contributed by atoms with Crippen LogP contribution in [0.3, 0.4) is 0 Å². The highest BCUT2D eigenvalue weighted by Gasteiger charge is 2.21. The number of nitrogens with zero attached hydrogens (tertiary/aromatic N) is 4. The Balaban J connectivity index is 1.96. The molecule has 0 atom stereocenters. The third-order valence-corrected chi connectivity index (χ3v) is 5.17. The lowest BCUT2D eigenvalue weighted by atomic mass is 10.2. The molecule has 2 aromatic carbocycles.